The maximum atomic E-state index is 12.3. The minimum Gasteiger partial charge on any atom is -0.388 e. The van der Waals surface area contributed by atoms with Crippen LogP contribution >= 0.6 is 11.6 Å². The third-order valence-electron chi connectivity index (χ3n) is 2.36. The highest BCUT2D eigenvalue weighted by Crippen LogP contribution is 2.32. The van der Waals surface area contributed by atoms with Gasteiger partial charge in [-0.2, -0.15) is 13.2 Å². The van der Waals surface area contributed by atoms with Crippen molar-refractivity contribution in [3.05, 3.63) is 28.5 Å². The van der Waals surface area contributed by atoms with E-state index in [0.717, 1.165) is 18.9 Å². The molecular weight excluding hydrogens is 255 g/mol. The lowest BCUT2D eigenvalue weighted by Gasteiger charge is -2.13. The smallest absolute Gasteiger partial charge is 0.388 e. The molecule has 1 heterocycles. The van der Waals surface area contributed by atoms with Crippen molar-refractivity contribution in [2.24, 2.45) is 0 Å². The first-order valence-corrected chi connectivity index (χ1v) is 5.65. The quantitative estimate of drug-likeness (QED) is 0.837. The molecule has 0 bridgehead atoms. The summed E-state index contributed by atoms with van der Waals surface area (Å²) in [5.74, 6) is 0. The van der Waals surface area contributed by atoms with Crippen molar-refractivity contribution >= 4 is 11.6 Å². The van der Waals surface area contributed by atoms with Gasteiger partial charge in [-0.3, -0.25) is 0 Å². The normalized spacial score (nSPS) is 13.8. The molecule has 0 aliphatic rings. The van der Waals surface area contributed by atoms with E-state index in [-0.39, 0.29) is 10.7 Å². The molecule has 0 saturated heterocycles. The lowest BCUT2D eigenvalue weighted by Crippen LogP contribution is -2.09. The number of halogens is 4. The highest BCUT2D eigenvalue weighted by atomic mass is 35.5. The molecule has 96 valence electrons. The van der Waals surface area contributed by atoms with E-state index in [4.69, 9.17) is 11.6 Å². The molecule has 1 atom stereocenters. The van der Waals surface area contributed by atoms with Crippen LogP contribution in [0.25, 0.3) is 0 Å². The molecule has 0 aliphatic heterocycles. The first-order valence-electron chi connectivity index (χ1n) is 5.28. The Morgan fingerprint density at radius 1 is 1.41 bits per heavy atom. The number of hydrogen-bond acceptors (Lipinski definition) is 2. The number of aliphatic hydroxyl groups excluding tert-OH is 1. The molecule has 0 aliphatic carbocycles. The van der Waals surface area contributed by atoms with Crippen LogP contribution in [0, 0.1) is 0 Å². The summed E-state index contributed by atoms with van der Waals surface area (Å²) in [6.07, 6.45) is -3.25. The topological polar surface area (TPSA) is 33.1 Å². The van der Waals surface area contributed by atoms with Gasteiger partial charge in [0.25, 0.3) is 0 Å². The molecule has 0 fully saturated rings. The Kier molecular flexibility index (Phi) is 4.77. The number of unbranched alkanes of at least 4 members (excludes halogenated alkanes) is 1. The highest BCUT2D eigenvalue weighted by molar-refractivity contribution is 6.30. The lowest BCUT2D eigenvalue weighted by atomic mass is 10.1. The van der Waals surface area contributed by atoms with E-state index < -0.39 is 18.0 Å². The van der Waals surface area contributed by atoms with E-state index in [0.29, 0.717) is 6.42 Å². The van der Waals surface area contributed by atoms with Crippen LogP contribution in [-0.4, -0.2) is 10.1 Å². The van der Waals surface area contributed by atoms with Crippen LogP contribution in [0.5, 0.6) is 0 Å². The summed E-state index contributed by atoms with van der Waals surface area (Å²) in [5, 5.41) is 9.43. The first-order chi connectivity index (χ1) is 7.86. The van der Waals surface area contributed by atoms with E-state index in [1.165, 1.54) is 6.07 Å². The average Bonchev–Trinajstić information content (AvgIpc) is 2.24. The second-order valence-electron chi connectivity index (χ2n) is 3.73. The van der Waals surface area contributed by atoms with E-state index >= 15 is 0 Å². The maximum Gasteiger partial charge on any atom is 0.433 e. The van der Waals surface area contributed by atoms with E-state index in [1.807, 2.05) is 6.92 Å². The summed E-state index contributed by atoms with van der Waals surface area (Å²) in [6, 6.07) is 2.01. The Hall–Kier alpha value is -0.810. The summed E-state index contributed by atoms with van der Waals surface area (Å²) >= 11 is 5.64. The zero-order valence-electron chi connectivity index (χ0n) is 9.26. The minimum absolute atomic E-state index is 0.244. The molecule has 1 rings (SSSR count). The van der Waals surface area contributed by atoms with Crippen molar-refractivity contribution in [1.29, 1.82) is 0 Å². The summed E-state index contributed by atoms with van der Waals surface area (Å²) in [4.78, 5) is 3.25. The van der Waals surface area contributed by atoms with Gasteiger partial charge in [-0.25, -0.2) is 4.98 Å². The number of aliphatic hydroxyl groups is 1. The molecule has 0 aromatic carbocycles. The summed E-state index contributed by atoms with van der Waals surface area (Å²) in [6.45, 7) is 1.96. The highest BCUT2D eigenvalue weighted by Gasteiger charge is 2.33. The zero-order valence-corrected chi connectivity index (χ0v) is 10.0. The standard InChI is InChI=1S/C11H13ClF3NO/c1-2-3-4-8(17)7-5-6-9(11(13,14)15)16-10(7)12/h5-6,8,17H,2-4H2,1H3. The third-order valence-corrected chi connectivity index (χ3v) is 2.66. The van der Waals surface area contributed by atoms with Gasteiger partial charge in [0.1, 0.15) is 10.8 Å². The molecule has 1 N–H and O–H groups in total. The molecule has 0 saturated carbocycles. The van der Waals surface area contributed by atoms with Crippen LogP contribution in [0.1, 0.15) is 43.5 Å². The Morgan fingerprint density at radius 3 is 2.53 bits per heavy atom. The van der Waals surface area contributed by atoms with E-state index in [2.05, 4.69) is 4.98 Å². The molecule has 1 unspecified atom stereocenters. The van der Waals surface area contributed by atoms with Crippen LogP contribution in [0.3, 0.4) is 0 Å². The number of nitrogens with zero attached hydrogens (tertiary/aromatic N) is 1. The van der Waals surface area contributed by atoms with Gasteiger partial charge in [0, 0.05) is 5.56 Å². The molecule has 0 radical (unpaired) electrons. The van der Waals surface area contributed by atoms with Crippen LogP contribution in [0.2, 0.25) is 5.15 Å². The molecule has 1 aromatic rings. The van der Waals surface area contributed by atoms with E-state index in [1.54, 1.807) is 0 Å². The Balaban J connectivity index is 2.90. The van der Waals surface area contributed by atoms with Gasteiger partial charge in [-0.1, -0.05) is 37.4 Å². The number of alkyl halides is 3. The fraction of sp³-hybridized carbons (Fsp3) is 0.545. The second kappa shape index (κ2) is 5.69. The molecule has 17 heavy (non-hydrogen) atoms. The van der Waals surface area contributed by atoms with Crippen LogP contribution in [0.15, 0.2) is 12.1 Å². The van der Waals surface area contributed by atoms with Gasteiger partial charge in [0.2, 0.25) is 0 Å². The molecule has 6 heteroatoms. The predicted octanol–water partition coefficient (Wildman–Crippen LogP) is 3.98. The second-order valence-corrected chi connectivity index (χ2v) is 4.09. The minimum atomic E-state index is -4.52. The van der Waals surface area contributed by atoms with Gasteiger partial charge >= 0.3 is 6.18 Å². The van der Waals surface area contributed by atoms with Crippen LogP contribution in [0.4, 0.5) is 13.2 Å². The average molecular weight is 268 g/mol. The summed E-state index contributed by atoms with van der Waals surface area (Å²) < 4.78 is 37.0. The van der Waals surface area contributed by atoms with Crippen molar-refractivity contribution < 1.29 is 18.3 Å². The number of pyridine rings is 1. The first kappa shape index (κ1) is 14.3. The molecule has 0 spiro atoms. The maximum absolute atomic E-state index is 12.3. The fourth-order valence-corrected chi connectivity index (χ4v) is 1.68. The van der Waals surface area contributed by atoms with Crippen molar-refractivity contribution in [3.63, 3.8) is 0 Å². The zero-order chi connectivity index (χ0) is 13.1. The summed E-state index contributed by atoms with van der Waals surface area (Å²) in [7, 11) is 0. The monoisotopic (exact) mass is 267 g/mol. The fourth-order valence-electron chi connectivity index (χ4n) is 1.40. The largest absolute Gasteiger partial charge is 0.433 e. The van der Waals surface area contributed by atoms with Crippen LogP contribution in [-0.2, 0) is 6.18 Å². The predicted molar refractivity (Wildman–Crippen MR) is 58.7 cm³/mol. The molecule has 0 amide bonds. The van der Waals surface area contributed by atoms with Gasteiger partial charge in [0.05, 0.1) is 6.10 Å². The van der Waals surface area contributed by atoms with Gasteiger partial charge in [-0.05, 0) is 12.5 Å². The van der Waals surface area contributed by atoms with Crippen molar-refractivity contribution in [3.8, 4) is 0 Å². The van der Waals surface area contributed by atoms with Crippen molar-refractivity contribution in [2.45, 2.75) is 38.5 Å². The van der Waals surface area contributed by atoms with Crippen molar-refractivity contribution in [2.75, 3.05) is 0 Å². The molecule has 2 nitrogen and oxygen atoms in total. The number of aromatic nitrogens is 1. The Bertz CT molecular complexity index is 381. The SMILES string of the molecule is CCCCC(O)c1ccc(C(F)(F)F)nc1Cl. The Morgan fingerprint density at radius 2 is 2.06 bits per heavy atom. The van der Waals surface area contributed by atoms with Gasteiger partial charge in [-0.15, -0.1) is 0 Å². The number of rotatable bonds is 4. The van der Waals surface area contributed by atoms with Gasteiger partial charge in [0.15, 0.2) is 0 Å². The van der Waals surface area contributed by atoms with Crippen molar-refractivity contribution in [1.82, 2.24) is 4.98 Å². The van der Waals surface area contributed by atoms with E-state index in [9.17, 15) is 18.3 Å². The summed E-state index contributed by atoms with van der Waals surface area (Å²) in [5.41, 5.74) is -0.804. The Labute approximate surface area is 102 Å². The van der Waals surface area contributed by atoms with Crippen LogP contribution < -0.4 is 0 Å². The molecule has 1 aromatic heterocycles. The third kappa shape index (κ3) is 3.85. The lowest BCUT2D eigenvalue weighted by molar-refractivity contribution is -0.141. The van der Waals surface area contributed by atoms with Gasteiger partial charge < -0.3 is 5.11 Å². The molecular formula is C11H13ClF3NO. The number of hydrogen-bond donors (Lipinski definition) is 1.